The van der Waals surface area contributed by atoms with Gasteiger partial charge in [-0.2, -0.15) is 0 Å². The SMILES string of the molecule is CC1(C)OB(c2cnc(OC[C@H]3CCCN(CCO)C3)nc2)OC1(C)C. The van der Waals surface area contributed by atoms with Gasteiger partial charge in [-0.1, -0.05) is 0 Å². The Morgan fingerprint density at radius 1 is 1.23 bits per heavy atom. The molecular formula is C18H30BN3O4. The lowest BCUT2D eigenvalue weighted by atomic mass is 9.81. The molecule has 0 aliphatic carbocycles. The van der Waals surface area contributed by atoms with Crippen LogP contribution in [0.15, 0.2) is 12.4 Å². The fraction of sp³-hybridized carbons (Fsp3) is 0.778. The molecule has 2 fully saturated rings. The molecule has 0 unspecified atom stereocenters. The number of nitrogens with zero attached hydrogens (tertiary/aromatic N) is 3. The van der Waals surface area contributed by atoms with E-state index < -0.39 is 7.12 Å². The second kappa shape index (κ2) is 7.80. The van der Waals surface area contributed by atoms with Crippen molar-refractivity contribution in [3.8, 4) is 6.01 Å². The molecule has 0 saturated carbocycles. The lowest BCUT2D eigenvalue weighted by molar-refractivity contribution is 0.00578. The number of aromatic nitrogens is 2. The Kier molecular flexibility index (Phi) is 5.86. The van der Waals surface area contributed by atoms with Crippen molar-refractivity contribution < 1.29 is 19.2 Å². The third-order valence-corrected chi connectivity index (χ3v) is 5.64. The van der Waals surface area contributed by atoms with Crippen LogP contribution >= 0.6 is 0 Å². The highest BCUT2D eigenvalue weighted by molar-refractivity contribution is 6.61. The lowest BCUT2D eigenvalue weighted by Crippen LogP contribution is -2.41. The van der Waals surface area contributed by atoms with Gasteiger partial charge in [0.05, 0.1) is 24.4 Å². The van der Waals surface area contributed by atoms with Crippen molar-refractivity contribution in [3.63, 3.8) is 0 Å². The van der Waals surface area contributed by atoms with E-state index in [1.165, 1.54) is 0 Å². The number of aliphatic hydroxyl groups excluding tert-OH is 1. The number of ether oxygens (including phenoxy) is 1. The summed E-state index contributed by atoms with van der Waals surface area (Å²) in [5, 5.41) is 9.08. The summed E-state index contributed by atoms with van der Waals surface area (Å²) in [7, 11) is -0.459. The van der Waals surface area contributed by atoms with Crippen molar-refractivity contribution in [3.05, 3.63) is 12.4 Å². The van der Waals surface area contributed by atoms with Crippen LogP contribution in [0.4, 0.5) is 0 Å². The molecule has 2 aliphatic rings. The van der Waals surface area contributed by atoms with E-state index in [2.05, 4.69) is 14.9 Å². The van der Waals surface area contributed by atoms with Crippen molar-refractivity contribution in [2.75, 3.05) is 32.8 Å². The first-order valence-electron chi connectivity index (χ1n) is 9.44. The van der Waals surface area contributed by atoms with Gasteiger partial charge in [0.15, 0.2) is 0 Å². The molecule has 8 heteroatoms. The maximum absolute atomic E-state index is 9.08. The predicted molar refractivity (Wildman–Crippen MR) is 99.5 cm³/mol. The maximum Gasteiger partial charge on any atom is 0.498 e. The molecule has 3 rings (SSSR count). The molecule has 3 heterocycles. The molecule has 1 atom stereocenters. The minimum Gasteiger partial charge on any atom is -0.463 e. The van der Waals surface area contributed by atoms with E-state index in [-0.39, 0.29) is 17.8 Å². The van der Waals surface area contributed by atoms with E-state index >= 15 is 0 Å². The minimum atomic E-state index is -0.459. The molecule has 2 saturated heterocycles. The van der Waals surface area contributed by atoms with Crippen LogP contribution in [0.5, 0.6) is 6.01 Å². The van der Waals surface area contributed by atoms with Crippen molar-refractivity contribution in [1.82, 2.24) is 14.9 Å². The molecule has 7 nitrogen and oxygen atoms in total. The van der Waals surface area contributed by atoms with Gasteiger partial charge in [0.25, 0.3) is 0 Å². The van der Waals surface area contributed by atoms with Gasteiger partial charge in [-0.3, -0.25) is 0 Å². The Balaban J connectivity index is 1.52. The van der Waals surface area contributed by atoms with Gasteiger partial charge in [0, 0.05) is 36.9 Å². The number of piperidine rings is 1. The standard InChI is InChI=1S/C18H30BN3O4/c1-17(2)18(3,4)26-19(25-17)15-10-20-16(21-11-15)24-13-14-6-5-7-22(12-14)8-9-23/h10-11,14,23H,5-9,12-13H2,1-4H3/t14-/m0/s1. The topological polar surface area (TPSA) is 76.9 Å². The van der Waals surface area contributed by atoms with Gasteiger partial charge < -0.3 is 24.1 Å². The Labute approximate surface area is 156 Å². The number of likely N-dealkylation sites (tertiary alicyclic amines) is 1. The van der Waals surface area contributed by atoms with Crippen LogP contribution in [-0.4, -0.2) is 71.1 Å². The van der Waals surface area contributed by atoms with Crippen molar-refractivity contribution >= 4 is 12.6 Å². The first kappa shape index (κ1) is 19.5. The monoisotopic (exact) mass is 363 g/mol. The van der Waals surface area contributed by atoms with Gasteiger partial charge in [-0.05, 0) is 47.1 Å². The molecule has 1 aromatic heterocycles. The van der Waals surface area contributed by atoms with Crippen LogP contribution in [-0.2, 0) is 9.31 Å². The lowest BCUT2D eigenvalue weighted by Gasteiger charge is -2.32. The smallest absolute Gasteiger partial charge is 0.463 e. The second-order valence-electron chi connectivity index (χ2n) is 8.23. The summed E-state index contributed by atoms with van der Waals surface area (Å²) in [5.74, 6) is 0.446. The zero-order valence-corrected chi connectivity index (χ0v) is 16.3. The van der Waals surface area contributed by atoms with Gasteiger partial charge in [-0.25, -0.2) is 9.97 Å². The summed E-state index contributed by atoms with van der Waals surface area (Å²) in [4.78, 5) is 10.9. The molecule has 0 amide bonds. The number of aliphatic hydroxyl groups is 1. The third kappa shape index (κ3) is 4.36. The van der Waals surface area contributed by atoms with E-state index in [0.29, 0.717) is 18.5 Å². The average molecular weight is 363 g/mol. The fourth-order valence-corrected chi connectivity index (χ4v) is 3.33. The van der Waals surface area contributed by atoms with Gasteiger partial charge in [-0.15, -0.1) is 0 Å². The van der Waals surface area contributed by atoms with Gasteiger partial charge in [0.2, 0.25) is 0 Å². The van der Waals surface area contributed by atoms with Crippen LogP contribution < -0.4 is 10.2 Å². The van der Waals surface area contributed by atoms with Crippen molar-refractivity contribution in [2.24, 2.45) is 5.92 Å². The third-order valence-electron chi connectivity index (χ3n) is 5.64. The van der Waals surface area contributed by atoms with Crippen LogP contribution in [0.25, 0.3) is 0 Å². The number of β-amino-alcohol motifs (C(OH)–C–C–N with tert-alkyl or cyclic N) is 1. The molecule has 26 heavy (non-hydrogen) atoms. The Morgan fingerprint density at radius 3 is 2.50 bits per heavy atom. The molecular weight excluding hydrogens is 333 g/mol. The maximum atomic E-state index is 9.08. The molecule has 1 aromatic rings. The average Bonchev–Trinajstić information content (AvgIpc) is 2.82. The quantitative estimate of drug-likeness (QED) is 0.751. The van der Waals surface area contributed by atoms with Crippen LogP contribution in [0.2, 0.25) is 0 Å². The highest BCUT2D eigenvalue weighted by Gasteiger charge is 2.51. The zero-order chi connectivity index (χ0) is 18.8. The normalized spacial score (nSPS) is 25.4. The molecule has 144 valence electrons. The zero-order valence-electron chi connectivity index (χ0n) is 16.3. The first-order chi connectivity index (χ1) is 12.3. The van der Waals surface area contributed by atoms with E-state index in [9.17, 15) is 0 Å². The molecule has 0 aromatic carbocycles. The highest BCUT2D eigenvalue weighted by atomic mass is 16.7. The van der Waals surface area contributed by atoms with Gasteiger partial charge in [0.1, 0.15) is 0 Å². The summed E-state index contributed by atoms with van der Waals surface area (Å²) < 4.78 is 17.8. The largest absolute Gasteiger partial charge is 0.498 e. The molecule has 0 bridgehead atoms. The second-order valence-corrected chi connectivity index (χ2v) is 8.23. The molecule has 0 radical (unpaired) electrons. The fourth-order valence-electron chi connectivity index (χ4n) is 3.33. The molecule has 1 N–H and O–H groups in total. The molecule has 0 spiro atoms. The summed E-state index contributed by atoms with van der Waals surface area (Å²) in [6.45, 7) is 11.6. The van der Waals surface area contributed by atoms with E-state index in [0.717, 1.165) is 37.9 Å². The van der Waals surface area contributed by atoms with E-state index in [4.69, 9.17) is 19.2 Å². The van der Waals surface area contributed by atoms with E-state index in [1.807, 2.05) is 27.7 Å². The van der Waals surface area contributed by atoms with Gasteiger partial charge >= 0.3 is 13.1 Å². The van der Waals surface area contributed by atoms with Crippen molar-refractivity contribution in [2.45, 2.75) is 51.7 Å². The number of hydrogen-bond acceptors (Lipinski definition) is 7. The van der Waals surface area contributed by atoms with Crippen molar-refractivity contribution in [1.29, 1.82) is 0 Å². The summed E-state index contributed by atoms with van der Waals surface area (Å²) in [6, 6.07) is 0.379. The first-order valence-corrected chi connectivity index (χ1v) is 9.44. The van der Waals surface area contributed by atoms with Crippen LogP contribution in [0, 0.1) is 5.92 Å². The summed E-state index contributed by atoms with van der Waals surface area (Å²) >= 11 is 0. The van der Waals surface area contributed by atoms with Crippen LogP contribution in [0.3, 0.4) is 0 Å². The summed E-state index contributed by atoms with van der Waals surface area (Å²) in [5.41, 5.74) is 0.0329. The predicted octanol–water partition coefficient (Wildman–Crippen LogP) is 0.859. The highest BCUT2D eigenvalue weighted by Crippen LogP contribution is 2.36. The summed E-state index contributed by atoms with van der Waals surface area (Å²) in [6.07, 6.45) is 5.69. The molecule has 2 aliphatic heterocycles. The Bertz CT molecular complexity index is 579. The minimum absolute atomic E-state index is 0.205. The number of hydrogen-bond donors (Lipinski definition) is 1. The van der Waals surface area contributed by atoms with E-state index in [1.54, 1.807) is 12.4 Å². The van der Waals surface area contributed by atoms with Crippen LogP contribution in [0.1, 0.15) is 40.5 Å². The number of rotatable bonds is 6. The Hall–Kier alpha value is -1.22. The Morgan fingerprint density at radius 2 is 1.88 bits per heavy atom.